The molecule has 0 spiro atoms. The van der Waals surface area contributed by atoms with Gasteiger partial charge in [0, 0.05) is 30.1 Å². The average Bonchev–Trinajstić information content (AvgIpc) is 2.68. The molecule has 0 aliphatic carbocycles. The minimum Gasteiger partial charge on any atom is -0.311 e. The summed E-state index contributed by atoms with van der Waals surface area (Å²) in [5.74, 6) is 0. The first-order valence-electron chi connectivity index (χ1n) is 7.18. The second kappa shape index (κ2) is 7.36. The van der Waals surface area contributed by atoms with Crippen molar-refractivity contribution in [3.63, 3.8) is 0 Å². The molecule has 0 aromatic carbocycles. The van der Waals surface area contributed by atoms with Crippen LogP contribution in [0.3, 0.4) is 0 Å². The Hall–Kier alpha value is -0.450. The van der Waals surface area contributed by atoms with E-state index in [-0.39, 0.29) is 5.54 Å². The maximum absolute atomic E-state index is 4.56. The Morgan fingerprint density at radius 1 is 1.42 bits per heavy atom. The Balaban J connectivity index is 2.54. The van der Waals surface area contributed by atoms with E-state index in [9.17, 15) is 0 Å². The van der Waals surface area contributed by atoms with Gasteiger partial charge in [-0.15, -0.1) is 11.3 Å². The van der Waals surface area contributed by atoms with Crippen LogP contribution in [0, 0.1) is 6.92 Å². The summed E-state index contributed by atoms with van der Waals surface area (Å²) >= 11 is 1.74. The molecule has 0 saturated carbocycles. The molecule has 1 aromatic rings. The van der Waals surface area contributed by atoms with Gasteiger partial charge in [0.1, 0.15) is 0 Å². The van der Waals surface area contributed by atoms with E-state index in [1.54, 1.807) is 11.3 Å². The zero-order chi connectivity index (χ0) is 14.5. The fraction of sp³-hybridized carbons (Fsp3) is 0.800. The Bertz CT molecular complexity index is 368. The van der Waals surface area contributed by atoms with Crippen molar-refractivity contribution in [2.24, 2.45) is 0 Å². The van der Waals surface area contributed by atoms with Crippen LogP contribution in [-0.4, -0.2) is 35.1 Å². The van der Waals surface area contributed by atoms with Gasteiger partial charge in [-0.25, -0.2) is 4.98 Å². The second-order valence-electron chi connectivity index (χ2n) is 6.35. The number of nitrogens with zero attached hydrogens (tertiary/aromatic N) is 2. The highest BCUT2D eigenvalue weighted by Gasteiger charge is 2.18. The molecule has 0 bridgehead atoms. The number of aromatic nitrogens is 1. The lowest BCUT2D eigenvalue weighted by molar-refractivity contribution is 0.201. The molecule has 0 saturated heterocycles. The number of nitrogens with one attached hydrogen (secondary N) is 1. The van der Waals surface area contributed by atoms with E-state index in [1.807, 2.05) is 0 Å². The van der Waals surface area contributed by atoms with Gasteiger partial charge in [0.2, 0.25) is 0 Å². The predicted octanol–water partition coefficient (Wildman–Crippen LogP) is 3.44. The first-order valence-corrected chi connectivity index (χ1v) is 8.06. The fourth-order valence-electron chi connectivity index (χ4n) is 2.10. The summed E-state index contributed by atoms with van der Waals surface area (Å²) in [5, 5.41) is 6.95. The van der Waals surface area contributed by atoms with E-state index in [0.717, 1.165) is 18.1 Å². The number of hydrogen-bond acceptors (Lipinski definition) is 4. The van der Waals surface area contributed by atoms with Gasteiger partial charge in [0.15, 0.2) is 0 Å². The standard InChI is InChI=1S/C15H29N3S/c1-7-8-14(9-16-15(3,4)5)18(6)10-13-11-19-12(2)17-13/h11,14,16H,7-10H2,1-6H3. The van der Waals surface area contributed by atoms with Crippen LogP contribution in [0.4, 0.5) is 0 Å². The third-order valence-corrected chi connectivity index (χ3v) is 4.01. The molecule has 0 aliphatic rings. The van der Waals surface area contributed by atoms with Gasteiger partial charge < -0.3 is 5.32 Å². The summed E-state index contributed by atoms with van der Waals surface area (Å²) in [5.41, 5.74) is 1.38. The van der Waals surface area contributed by atoms with Crippen molar-refractivity contribution in [2.45, 2.75) is 65.6 Å². The van der Waals surface area contributed by atoms with Crippen molar-refractivity contribution in [1.82, 2.24) is 15.2 Å². The molecular weight excluding hydrogens is 254 g/mol. The van der Waals surface area contributed by atoms with Crippen LogP contribution in [-0.2, 0) is 6.54 Å². The van der Waals surface area contributed by atoms with E-state index in [2.05, 4.69) is 62.2 Å². The van der Waals surface area contributed by atoms with Gasteiger partial charge in [-0.3, -0.25) is 4.90 Å². The monoisotopic (exact) mass is 283 g/mol. The van der Waals surface area contributed by atoms with Gasteiger partial charge in [-0.05, 0) is 41.2 Å². The third kappa shape index (κ3) is 6.50. The number of likely N-dealkylation sites (N-methyl/N-ethyl adjacent to an activating group) is 1. The summed E-state index contributed by atoms with van der Waals surface area (Å²) in [6.07, 6.45) is 2.44. The lowest BCUT2D eigenvalue weighted by atomic mass is 10.1. The predicted molar refractivity (Wildman–Crippen MR) is 84.8 cm³/mol. The zero-order valence-corrected chi connectivity index (χ0v) is 14.1. The molecule has 4 heteroatoms. The van der Waals surface area contributed by atoms with Crippen LogP contribution in [0.5, 0.6) is 0 Å². The van der Waals surface area contributed by atoms with Crippen molar-refractivity contribution in [2.75, 3.05) is 13.6 Å². The highest BCUT2D eigenvalue weighted by molar-refractivity contribution is 7.09. The first-order chi connectivity index (χ1) is 8.81. The van der Waals surface area contributed by atoms with E-state index < -0.39 is 0 Å². The Labute approximate surface area is 122 Å². The van der Waals surface area contributed by atoms with Gasteiger partial charge >= 0.3 is 0 Å². The molecule has 1 atom stereocenters. The van der Waals surface area contributed by atoms with E-state index >= 15 is 0 Å². The van der Waals surface area contributed by atoms with E-state index in [0.29, 0.717) is 6.04 Å². The van der Waals surface area contributed by atoms with Gasteiger partial charge in [0.25, 0.3) is 0 Å². The van der Waals surface area contributed by atoms with Crippen molar-refractivity contribution in [1.29, 1.82) is 0 Å². The highest BCUT2D eigenvalue weighted by atomic mass is 32.1. The molecule has 110 valence electrons. The van der Waals surface area contributed by atoms with Crippen LogP contribution < -0.4 is 5.32 Å². The summed E-state index contributed by atoms with van der Waals surface area (Å²) in [7, 11) is 2.21. The molecular formula is C15H29N3S. The number of thiazole rings is 1. The van der Waals surface area contributed by atoms with Crippen LogP contribution in [0.25, 0.3) is 0 Å². The van der Waals surface area contributed by atoms with Crippen LogP contribution in [0.15, 0.2) is 5.38 Å². The second-order valence-corrected chi connectivity index (χ2v) is 7.41. The number of aryl methyl sites for hydroxylation is 1. The molecule has 3 nitrogen and oxygen atoms in total. The molecule has 1 rings (SSSR count). The molecule has 1 N–H and O–H groups in total. The largest absolute Gasteiger partial charge is 0.311 e. The van der Waals surface area contributed by atoms with Gasteiger partial charge in [0.05, 0.1) is 10.7 Å². The molecule has 1 heterocycles. The molecule has 1 aromatic heterocycles. The smallest absolute Gasteiger partial charge is 0.0897 e. The molecule has 0 fully saturated rings. The van der Waals surface area contributed by atoms with Crippen molar-refractivity contribution in [3.8, 4) is 0 Å². The Morgan fingerprint density at radius 3 is 2.58 bits per heavy atom. The van der Waals surface area contributed by atoms with Crippen LogP contribution in [0.2, 0.25) is 0 Å². The fourth-order valence-corrected chi connectivity index (χ4v) is 2.70. The Kier molecular flexibility index (Phi) is 6.43. The molecule has 0 aliphatic heterocycles. The minimum absolute atomic E-state index is 0.185. The summed E-state index contributed by atoms with van der Waals surface area (Å²) in [4.78, 5) is 6.99. The van der Waals surface area contributed by atoms with Crippen molar-refractivity contribution < 1.29 is 0 Å². The lowest BCUT2D eigenvalue weighted by Gasteiger charge is -2.31. The molecule has 19 heavy (non-hydrogen) atoms. The maximum atomic E-state index is 4.56. The zero-order valence-electron chi connectivity index (χ0n) is 13.3. The average molecular weight is 283 g/mol. The van der Waals surface area contributed by atoms with Crippen LogP contribution in [0.1, 0.15) is 51.2 Å². The maximum Gasteiger partial charge on any atom is 0.0897 e. The summed E-state index contributed by atoms with van der Waals surface area (Å²) in [6, 6.07) is 0.575. The summed E-state index contributed by atoms with van der Waals surface area (Å²) in [6.45, 7) is 13.0. The lowest BCUT2D eigenvalue weighted by Crippen LogP contribution is -2.46. The van der Waals surface area contributed by atoms with Crippen LogP contribution >= 0.6 is 11.3 Å². The summed E-state index contributed by atoms with van der Waals surface area (Å²) < 4.78 is 0. The Morgan fingerprint density at radius 2 is 2.11 bits per heavy atom. The van der Waals surface area contributed by atoms with Gasteiger partial charge in [-0.2, -0.15) is 0 Å². The van der Waals surface area contributed by atoms with E-state index in [4.69, 9.17) is 0 Å². The van der Waals surface area contributed by atoms with Gasteiger partial charge in [-0.1, -0.05) is 13.3 Å². The highest BCUT2D eigenvalue weighted by Crippen LogP contribution is 2.13. The van der Waals surface area contributed by atoms with E-state index in [1.165, 1.54) is 18.5 Å². The quantitative estimate of drug-likeness (QED) is 0.831. The molecule has 0 radical (unpaired) electrons. The third-order valence-electron chi connectivity index (χ3n) is 3.19. The number of rotatable bonds is 7. The SMILES string of the molecule is CCCC(CNC(C)(C)C)N(C)Cc1csc(C)n1. The minimum atomic E-state index is 0.185. The van der Waals surface area contributed by atoms with Crippen molar-refractivity contribution >= 4 is 11.3 Å². The van der Waals surface area contributed by atoms with Crippen molar-refractivity contribution in [3.05, 3.63) is 16.1 Å². The topological polar surface area (TPSA) is 28.2 Å². The normalized spacial score (nSPS) is 14.1. The molecule has 0 amide bonds. The first kappa shape index (κ1) is 16.6. The molecule has 1 unspecified atom stereocenters. The number of hydrogen-bond donors (Lipinski definition) is 1.